The number of terminal acetylenes is 1. The van der Waals surface area contributed by atoms with E-state index < -0.39 is 10.0 Å². The number of hydrogen-bond donors (Lipinski definition) is 3. The van der Waals surface area contributed by atoms with Crippen LogP contribution < -0.4 is 14.8 Å². The zero-order valence-corrected chi connectivity index (χ0v) is 19.9. The van der Waals surface area contributed by atoms with E-state index in [-0.39, 0.29) is 23.3 Å². The van der Waals surface area contributed by atoms with E-state index in [4.69, 9.17) is 11.2 Å². The molecule has 3 N–H and O–H groups in total. The Morgan fingerprint density at radius 1 is 1.06 bits per heavy atom. The highest BCUT2D eigenvalue weighted by Crippen LogP contribution is 2.31. The zero-order chi connectivity index (χ0) is 24.8. The Balaban J connectivity index is 1.56. The van der Waals surface area contributed by atoms with Crippen LogP contribution in [-0.2, 0) is 10.0 Å². The number of sulfonamides is 1. The lowest BCUT2D eigenvalue weighted by atomic mass is 9.90. The highest BCUT2D eigenvalue weighted by Gasteiger charge is 2.20. The van der Waals surface area contributed by atoms with Crippen LogP contribution in [0.25, 0.3) is 10.9 Å². The minimum Gasteiger partial charge on any atom is -0.497 e. The minimum atomic E-state index is -3.72. The molecule has 1 atom stereocenters. The van der Waals surface area contributed by atoms with E-state index in [0.717, 1.165) is 27.8 Å². The minimum absolute atomic E-state index is 0.0409. The Hall–Kier alpha value is -4.06. The quantitative estimate of drug-likeness (QED) is 0.314. The molecule has 178 valence electrons. The number of para-hydroxylation sites is 1. The molecule has 8 heteroatoms. The first kappa shape index (κ1) is 24.1. The maximum absolute atomic E-state index is 12.9. The molecular formula is C27H25N3O4S. The van der Waals surface area contributed by atoms with Crippen molar-refractivity contribution in [3.05, 3.63) is 95.7 Å². The van der Waals surface area contributed by atoms with Gasteiger partial charge in [0.05, 0.1) is 18.6 Å². The van der Waals surface area contributed by atoms with Crippen molar-refractivity contribution in [1.82, 2.24) is 15.0 Å². The molecule has 0 saturated heterocycles. The molecule has 35 heavy (non-hydrogen) atoms. The van der Waals surface area contributed by atoms with Crippen LogP contribution in [0, 0.1) is 12.3 Å². The summed E-state index contributed by atoms with van der Waals surface area (Å²) in [6.45, 7) is 0.238. The summed E-state index contributed by atoms with van der Waals surface area (Å²) < 4.78 is 32.0. The predicted molar refractivity (Wildman–Crippen MR) is 136 cm³/mol. The molecule has 0 aliphatic heterocycles. The molecule has 0 saturated carbocycles. The van der Waals surface area contributed by atoms with Crippen LogP contribution in [0.2, 0.25) is 0 Å². The van der Waals surface area contributed by atoms with Gasteiger partial charge in [-0.3, -0.25) is 4.79 Å². The van der Waals surface area contributed by atoms with E-state index in [1.807, 2.05) is 54.7 Å². The van der Waals surface area contributed by atoms with Crippen molar-refractivity contribution in [2.45, 2.75) is 10.8 Å². The Morgan fingerprint density at radius 2 is 1.77 bits per heavy atom. The third-order valence-corrected chi connectivity index (χ3v) is 7.19. The number of rotatable bonds is 9. The van der Waals surface area contributed by atoms with Gasteiger partial charge in [-0.15, -0.1) is 6.42 Å². The fraction of sp³-hybridized carbons (Fsp3) is 0.148. The van der Waals surface area contributed by atoms with E-state index >= 15 is 0 Å². The number of benzene rings is 3. The van der Waals surface area contributed by atoms with Crippen LogP contribution >= 0.6 is 0 Å². The second kappa shape index (κ2) is 10.5. The SMILES string of the molecule is C#CCNS(=O)(=O)c1ccc(C(=O)NC[C@@H](c2ccc(OC)cc2)c2c[nH]c3ccccc23)cc1. The van der Waals surface area contributed by atoms with Gasteiger partial charge in [0.1, 0.15) is 5.75 Å². The highest BCUT2D eigenvalue weighted by molar-refractivity contribution is 7.89. The van der Waals surface area contributed by atoms with Crippen molar-refractivity contribution in [2.24, 2.45) is 0 Å². The molecule has 4 rings (SSSR count). The molecule has 0 aliphatic carbocycles. The Bertz CT molecular complexity index is 1470. The summed E-state index contributed by atoms with van der Waals surface area (Å²) in [6.07, 6.45) is 7.09. The van der Waals surface area contributed by atoms with Crippen LogP contribution in [0.5, 0.6) is 5.75 Å². The summed E-state index contributed by atoms with van der Waals surface area (Å²) in [5, 5.41) is 4.08. The monoisotopic (exact) mass is 487 g/mol. The third-order valence-electron chi connectivity index (χ3n) is 5.77. The van der Waals surface area contributed by atoms with E-state index in [1.54, 1.807) is 7.11 Å². The number of amides is 1. The number of H-pyrrole nitrogens is 1. The molecule has 1 aromatic heterocycles. The lowest BCUT2D eigenvalue weighted by Crippen LogP contribution is -2.29. The standard InChI is InChI=1S/C27H25N3O4S/c1-3-16-30-35(32,33)22-14-10-20(11-15-22)27(31)29-17-24(19-8-12-21(34-2)13-9-19)25-18-28-26-7-5-4-6-23(25)26/h1,4-15,18,24,28,30H,16-17H2,2H3,(H,29,31)/t24-/m0/s1. The van der Waals surface area contributed by atoms with Gasteiger partial charge in [-0.2, -0.15) is 4.72 Å². The number of nitrogens with one attached hydrogen (secondary N) is 3. The molecule has 1 heterocycles. The maximum atomic E-state index is 12.9. The molecule has 0 aliphatic rings. The number of carbonyl (C=O) groups is 1. The van der Waals surface area contributed by atoms with Crippen LogP contribution in [0.1, 0.15) is 27.4 Å². The zero-order valence-electron chi connectivity index (χ0n) is 19.1. The number of aromatic nitrogens is 1. The van der Waals surface area contributed by atoms with Gasteiger partial charge >= 0.3 is 0 Å². The average Bonchev–Trinajstić information content (AvgIpc) is 3.32. The first-order valence-corrected chi connectivity index (χ1v) is 12.4. The largest absolute Gasteiger partial charge is 0.497 e. The summed E-state index contributed by atoms with van der Waals surface area (Å²) in [6, 6.07) is 21.5. The number of carbonyl (C=O) groups excluding carboxylic acids is 1. The van der Waals surface area contributed by atoms with Crippen molar-refractivity contribution >= 4 is 26.8 Å². The Labute approximate surface area is 204 Å². The van der Waals surface area contributed by atoms with E-state index in [0.29, 0.717) is 12.1 Å². The predicted octanol–water partition coefficient (Wildman–Crippen LogP) is 3.65. The van der Waals surface area contributed by atoms with Gasteiger partial charge < -0.3 is 15.0 Å². The number of hydrogen-bond acceptors (Lipinski definition) is 4. The second-order valence-electron chi connectivity index (χ2n) is 7.88. The highest BCUT2D eigenvalue weighted by atomic mass is 32.2. The molecule has 0 bridgehead atoms. The molecule has 0 radical (unpaired) electrons. The number of methoxy groups -OCH3 is 1. The van der Waals surface area contributed by atoms with Crippen molar-refractivity contribution in [3.8, 4) is 18.1 Å². The number of ether oxygens (including phenoxy) is 1. The number of aromatic amines is 1. The Kier molecular flexibility index (Phi) is 7.20. The first-order chi connectivity index (χ1) is 16.9. The fourth-order valence-electron chi connectivity index (χ4n) is 3.93. The van der Waals surface area contributed by atoms with Crippen molar-refractivity contribution in [2.75, 3.05) is 20.2 Å². The Morgan fingerprint density at radius 3 is 2.46 bits per heavy atom. The smallest absolute Gasteiger partial charge is 0.251 e. The first-order valence-electron chi connectivity index (χ1n) is 10.9. The van der Waals surface area contributed by atoms with Crippen LogP contribution in [0.4, 0.5) is 0 Å². The van der Waals surface area contributed by atoms with E-state index in [1.165, 1.54) is 24.3 Å². The molecule has 0 fully saturated rings. The van der Waals surface area contributed by atoms with Gasteiger partial charge in [0.15, 0.2) is 0 Å². The van der Waals surface area contributed by atoms with Crippen molar-refractivity contribution < 1.29 is 17.9 Å². The van der Waals surface area contributed by atoms with Crippen LogP contribution in [0.3, 0.4) is 0 Å². The molecule has 0 unspecified atom stereocenters. The van der Waals surface area contributed by atoms with Crippen molar-refractivity contribution in [3.63, 3.8) is 0 Å². The normalized spacial score (nSPS) is 12.1. The van der Waals surface area contributed by atoms with Gasteiger partial charge in [-0.05, 0) is 53.6 Å². The van der Waals surface area contributed by atoms with Crippen LogP contribution in [-0.4, -0.2) is 39.5 Å². The van der Waals surface area contributed by atoms with Gasteiger partial charge in [-0.1, -0.05) is 36.3 Å². The average molecular weight is 488 g/mol. The maximum Gasteiger partial charge on any atom is 0.251 e. The summed E-state index contributed by atoms with van der Waals surface area (Å²) in [4.78, 5) is 16.3. The van der Waals surface area contributed by atoms with Crippen LogP contribution in [0.15, 0.2) is 83.9 Å². The fourth-order valence-corrected chi connectivity index (χ4v) is 4.86. The molecule has 4 aromatic rings. The lowest BCUT2D eigenvalue weighted by molar-refractivity contribution is 0.0952. The summed E-state index contributed by atoms with van der Waals surface area (Å²) in [5.41, 5.74) is 3.46. The van der Waals surface area contributed by atoms with Crippen molar-refractivity contribution in [1.29, 1.82) is 0 Å². The van der Waals surface area contributed by atoms with Gasteiger partial charge in [0.25, 0.3) is 5.91 Å². The second-order valence-corrected chi connectivity index (χ2v) is 9.65. The summed E-state index contributed by atoms with van der Waals surface area (Å²) >= 11 is 0. The molecule has 1 amide bonds. The topological polar surface area (TPSA) is 100 Å². The van der Waals surface area contributed by atoms with E-state index in [9.17, 15) is 13.2 Å². The van der Waals surface area contributed by atoms with E-state index in [2.05, 4.69) is 20.9 Å². The summed E-state index contributed by atoms with van der Waals surface area (Å²) in [7, 11) is -2.10. The van der Waals surface area contributed by atoms with Gasteiger partial charge in [-0.25, -0.2) is 8.42 Å². The molecule has 3 aromatic carbocycles. The van der Waals surface area contributed by atoms with Gasteiger partial charge in [0, 0.05) is 35.1 Å². The molecular weight excluding hydrogens is 462 g/mol. The van der Waals surface area contributed by atoms with Gasteiger partial charge in [0.2, 0.25) is 10.0 Å². The summed E-state index contributed by atoms with van der Waals surface area (Å²) in [5.74, 6) is 2.56. The lowest BCUT2D eigenvalue weighted by Gasteiger charge is -2.19. The number of fused-ring (bicyclic) bond motifs is 1. The third kappa shape index (κ3) is 5.38. The molecule has 7 nitrogen and oxygen atoms in total. The molecule has 0 spiro atoms.